The molecule has 0 bridgehead atoms. The average Bonchev–Trinajstić information content (AvgIpc) is 3.30. The van der Waals surface area contributed by atoms with Gasteiger partial charge in [0.05, 0.1) is 12.6 Å². The Kier molecular flexibility index (Phi) is 4.78. The zero-order valence-corrected chi connectivity index (χ0v) is 15.3. The van der Waals surface area contributed by atoms with Gasteiger partial charge in [-0.3, -0.25) is 14.5 Å². The normalized spacial score (nSPS) is 23.0. The molecule has 0 radical (unpaired) electrons. The summed E-state index contributed by atoms with van der Waals surface area (Å²) >= 11 is 1.75. The summed E-state index contributed by atoms with van der Waals surface area (Å²) in [6, 6.07) is 11.6. The average molecular weight is 370 g/mol. The molecule has 2 aliphatic rings. The highest BCUT2D eigenvalue weighted by molar-refractivity contribution is 7.10. The van der Waals surface area contributed by atoms with E-state index in [0.717, 1.165) is 18.4 Å². The summed E-state index contributed by atoms with van der Waals surface area (Å²) in [7, 11) is 0. The van der Waals surface area contributed by atoms with Gasteiger partial charge in [0, 0.05) is 11.4 Å². The summed E-state index contributed by atoms with van der Waals surface area (Å²) in [5, 5.41) is 11.5. The fourth-order valence-corrected chi connectivity index (χ4v) is 5.04. The molecule has 4 rings (SSSR count). The number of thiophene rings is 1. The molecule has 5 nitrogen and oxygen atoms in total. The quantitative estimate of drug-likeness (QED) is 0.899. The lowest BCUT2D eigenvalue weighted by atomic mass is 9.93. The van der Waals surface area contributed by atoms with E-state index in [9.17, 15) is 14.7 Å². The monoisotopic (exact) mass is 370 g/mol. The van der Waals surface area contributed by atoms with Crippen LogP contribution in [-0.4, -0.2) is 52.5 Å². The zero-order valence-electron chi connectivity index (χ0n) is 14.5. The van der Waals surface area contributed by atoms with Gasteiger partial charge < -0.3 is 10.0 Å². The van der Waals surface area contributed by atoms with E-state index in [2.05, 4.69) is 23.6 Å². The molecule has 0 spiro atoms. The van der Waals surface area contributed by atoms with Crippen molar-refractivity contribution in [3.8, 4) is 0 Å². The van der Waals surface area contributed by atoms with Crippen LogP contribution in [0.5, 0.6) is 0 Å². The van der Waals surface area contributed by atoms with Gasteiger partial charge in [-0.2, -0.15) is 0 Å². The first-order valence-corrected chi connectivity index (χ1v) is 9.90. The highest BCUT2D eigenvalue weighted by atomic mass is 32.1. The first-order chi connectivity index (χ1) is 12.6. The van der Waals surface area contributed by atoms with Crippen LogP contribution in [0.1, 0.15) is 34.9 Å². The number of hydrogen-bond donors (Lipinski definition) is 1. The van der Waals surface area contributed by atoms with Gasteiger partial charge in [0.25, 0.3) is 0 Å². The molecule has 1 saturated heterocycles. The maximum absolute atomic E-state index is 13.1. The largest absolute Gasteiger partial charge is 0.480 e. The number of rotatable bonds is 4. The standard InChI is InChI=1S/C20H22N2O3S/c23-18(13-21-10-4-7-16(21)20(24)25)22-11-8-17-15(9-12-26-17)19(22)14-5-2-1-3-6-14/h1-3,5-6,9,12,16,19H,4,7-8,10-11,13H2,(H,24,25)/t16-,19+/m1/s1. The Morgan fingerprint density at radius 2 is 1.96 bits per heavy atom. The Morgan fingerprint density at radius 3 is 2.73 bits per heavy atom. The van der Waals surface area contributed by atoms with Crippen LogP contribution in [-0.2, 0) is 16.0 Å². The Hall–Kier alpha value is -2.18. The van der Waals surface area contributed by atoms with Crippen molar-refractivity contribution in [3.63, 3.8) is 0 Å². The van der Waals surface area contributed by atoms with E-state index in [1.54, 1.807) is 11.3 Å². The van der Waals surface area contributed by atoms with Crippen LogP contribution in [0.2, 0.25) is 0 Å². The van der Waals surface area contributed by atoms with Crippen LogP contribution in [0, 0.1) is 0 Å². The van der Waals surface area contributed by atoms with Gasteiger partial charge in [0.1, 0.15) is 6.04 Å². The minimum Gasteiger partial charge on any atom is -0.480 e. The third-order valence-electron chi connectivity index (χ3n) is 5.39. The number of benzene rings is 1. The highest BCUT2D eigenvalue weighted by Gasteiger charge is 2.36. The molecule has 1 N–H and O–H groups in total. The fourth-order valence-electron chi connectivity index (χ4n) is 4.14. The molecule has 2 atom stereocenters. The summed E-state index contributed by atoms with van der Waals surface area (Å²) in [5.41, 5.74) is 2.31. The Labute approximate surface area is 156 Å². The molecule has 1 aromatic carbocycles. The topological polar surface area (TPSA) is 60.9 Å². The molecule has 26 heavy (non-hydrogen) atoms. The number of likely N-dealkylation sites (tertiary alicyclic amines) is 1. The first kappa shape index (κ1) is 17.2. The third kappa shape index (κ3) is 3.15. The lowest BCUT2D eigenvalue weighted by molar-refractivity contribution is -0.143. The van der Waals surface area contributed by atoms with Crippen LogP contribution in [0.3, 0.4) is 0 Å². The second-order valence-electron chi connectivity index (χ2n) is 6.92. The molecule has 136 valence electrons. The number of carbonyl (C=O) groups is 2. The number of aliphatic carboxylic acids is 1. The Balaban J connectivity index is 1.60. The molecule has 0 aliphatic carbocycles. The van der Waals surface area contributed by atoms with E-state index in [1.807, 2.05) is 28.0 Å². The van der Waals surface area contributed by atoms with Crippen LogP contribution in [0.25, 0.3) is 0 Å². The molecule has 6 heteroatoms. The summed E-state index contributed by atoms with van der Waals surface area (Å²) in [6.45, 7) is 1.54. The number of amides is 1. The smallest absolute Gasteiger partial charge is 0.320 e. The molecule has 1 amide bonds. The van der Waals surface area contributed by atoms with Gasteiger partial charge in [-0.05, 0) is 48.4 Å². The van der Waals surface area contributed by atoms with Crippen LogP contribution in [0.4, 0.5) is 0 Å². The molecular formula is C20H22N2O3S. The van der Waals surface area contributed by atoms with E-state index >= 15 is 0 Å². The van der Waals surface area contributed by atoms with Gasteiger partial charge in [-0.25, -0.2) is 0 Å². The van der Waals surface area contributed by atoms with Crippen molar-refractivity contribution >= 4 is 23.2 Å². The number of fused-ring (bicyclic) bond motifs is 1. The molecular weight excluding hydrogens is 348 g/mol. The summed E-state index contributed by atoms with van der Waals surface area (Å²) in [5.74, 6) is -0.808. The molecule has 1 aromatic heterocycles. The maximum Gasteiger partial charge on any atom is 0.320 e. The van der Waals surface area contributed by atoms with Crippen molar-refractivity contribution in [2.45, 2.75) is 31.3 Å². The van der Waals surface area contributed by atoms with E-state index in [1.165, 1.54) is 10.4 Å². The van der Waals surface area contributed by atoms with Gasteiger partial charge in [0.15, 0.2) is 0 Å². The molecule has 1 fully saturated rings. The van der Waals surface area contributed by atoms with E-state index < -0.39 is 12.0 Å². The lowest BCUT2D eigenvalue weighted by Crippen LogP contribution is -2.47. The number of nitrogens with zero attached hydrogens (tertiary/aromatic N) is 2. The third-order valence-corrected chi connectivity index (χ3v) is 6.39. The van der Waals surface area contributed by atoms with Crippen molar-refractivity contribution in [3.05, 3.63) is 57.8 Å². The van der Waals surface area contributed by atoms with Crippen molar-refractivity contribution in [2.24, 2.45) is 0 Å². The van der Waals surface area contributed by atoms with E-state index in [0.29, 0.717) is 19.5 Å². The van der Waals surface area contributed by atoms with Crippen LogP contribution >= 0.6 is 11.3 Å². The molecule has 2 aromatic rings. The van der Waals surface area contributed by atoms with Crippen molar-refractivity contribution in [2.75, 3.05) is 19.6 Å². The van der Waals surface area contributed by atoms with Crippen LogP contribution in [0.15, 0.2) is 41.8 Å². The van der Waals surface area contributed by atoms with Crippen molar-refractivity contribution in [1.29, 1.82) is 0 Å². The second kappa shape index (κ2) is 7.21. The molecule has 0 saturated carbocycles. The van der Waals surface area contributed by atoms with Crippen molar-refractivity contribution < 1.29 is 14.7 Å². The van der Waals surface area contributed by atoms with Gasteiger partial charge >= 0.3 is 5.97 Å². The van der Waals surface area contributed by atoms with Gasteiger partial charge in [-0.15, -0.1) is 11.3 Å². The zero-order chi connectivity index (χ0) is 18.1. The van der Waals surface area contributed by atoms with Gasteiger partial charge in [0.2, 0.25) is 5.91 Å². The number of carboxylic acids is 1. The van der Waals surface area contributed by atoms with E-state index in [-0.39, 0.29) is 18.5 Å². The predicted octanol–water partition coefficient (Wildman–Crippen LogP) is 2.77. The number of hydrogen-bond acceptors (Lipinski definition) is 4. The fraction of sp³-hybridized carbons (Fsp3) is 0.400. The highest BCUT2D eigenvalue weighted by Crippen LogP contribution is 2.37. The predicted molar refractivity (Wildman–Crippen MR) is 100 cm³/mol. The summed E-state index contributed by atoms with van der Waals surface area (Å²) in [6.07, 6.45) is 2.32. The number of carboxylic acid groups (broad SMARTS) is 1. The SMILES string of the molecule is O=C(O)[C@H]1CCCN1CC(=O)N1CCc2sccc2[C@@H]1c1ccccc1. The van der Waals surface area contributed by atoms with E-state index in [4.69, 9.17) is 0 Å². The van der Waals surface area contributed by atoms with Crippen molar-refractivity contribution in [1.82, 2.24) is 9.80 Å². The molecule has 2 aliphatic heterocycles. The Morgan fingerprint density at radius 1 is 1.15 bits per heavy atom. The minimum absolute atomic E-state index is 0.0175. The van der Waals surface area contributed by atoms with Gasteiger partial charge in [-0.1, -0.05) is 30.3 Å². The number of carbonyl (C=O) groups excluding carboxylic acids is 1. The summed E-state index contributed by atoms with van der Waals surface area (Å²) < 4.78 is 0. The molecule has 3 heterocycles. The second-order valence-corrected chi connectivity index (χ2v) is 7.92. The summed E-state index contributed by atoms with van der Waals surface area (Å²) in [4.78, 5) is 29.6. The Bertz CT molecular complexity index is 804. The molecule has 0 unspecified atom stereocenters. The lowest BCUT2D eigenvalue weighted by Gasteiger charge is -2.37. The maximum atomic E-state index is 13.1. The van der Waals surface area contributed by atoms with Crippen LogP contribution < -0.4 is 0 Å². The minimum atomic E-state index is -0.825. The first-order valence-electron chi connectivity index (χ1n) is 9.02.